The number of carbonyl (C=O) groups is 1. The molecule has 5 rings (SSSR count). The van der Waals surface area contributed by atoms with E-state index in [1.807, 2.05) is 32.0 Å². The first-order valence-corrected chi connectivity index (χ1v) is 13.0. The van der Waals surface area contributed by atoms with Crippen molar-refractivity contribution in [2.24, 2.45) is 5.92 Å². The molecule has 1 unspecified atom stereocenters. The molecule has 0 aliphatic heterocycles. The van der Waals surface area contributed by atoms with Gasteiger partial charge in [0.1, 0.15) is 0 Å². The van der Waals surface area contributed by atoms with Gasteiger partial charge in [0, 0.05) is 27.2 Å². The molecule has 0 saturated heterocycles. The van der Waals surface area contributed by atoms with Gasteiger partial charge in [-0.25, -0.2) is 4.79 Å². The Hall–Kier alpha value is -3.09. The fraction of sp³-hybridized carbons (Fsp3) is 0.300. The molecule has 166 valence electrons. The second-order valence-electron chi connectivity index (χ2n) is 9.33. The van der Waals surface area contributed by atoms with Gasteiger partial charge in [0.15, 0.2) is 19.9 Å². The number of benzene rings is 3. The molecule has 1 fully saturated rings. The minimum Gasteiger partial charge on any atom is -0.443 e. The summed E-state index contributed by atoms with van der Waals surface area (Å²) < 4.78 is 8.43. The number of hydrogen-bond donors (Lipinski definition) is 0. The summed E-state index contributed by atoms with van der Waals surface area (Å²) in [6.45, 7) is 3.77. The molecule has 2 nitrogen and oxygen atoms in total. The highest BCUT2D eigenvalue weighted by Gasteiger charge is 2.26. The van der Waals surface area contributed by atoms with Crippen LogP contribution in [0.2, 0.25) is 0 Å². The van der Waals surface area contributed by atoms with Crippen LogP contribution in [0.25, 0.3) is 25.1 Å². The predicted molar refractivity (Wildman–Crippen MR) is 139 cm³/mol. The number of hydrogen-bond acceptors (Lipinski definition) is 2. The van der Waals surface area contributed by atoms with Crippen molar-refractivity contribution in [1.82, 2.24) is 0 Å². The molecule has 0 radical (unpaired) electrons. The molecule has 1 aromatic heterocycles. The Morgan fingerprint density at radius 3 is 2.36 bits per heavy atom. The largest absolute Gasteiger partial charge is 0.443 e. The van der Waals surface area contributed by atoms with Crippen molar-refractivity contribution < 1.29 is 9.53 Å². The van der Waals surface area contributed by atoms with Crippen molar-refractivity contribution >= 4 is 36.6 Å². The first-order chi connectivity index (χ1) is 16.0. The Morgan fingerprint density at radius 2 is 1.58 bits per heavy atom. The lowest BCUT2D eigenvalue weighted by atomic mass is 9.89. The second-order valence-corrected chi connectivity index (χ2v) is 11.3. The van der Waals surface area contributed by atoms with Gasteiger partial charge in [-0.15, -0.1) is 0 Å². The number of ether oxygens (including phenoxy) is 1. The van der Waals surface area contributed by atoms with Crippen molar-refractivity contribution in [2.45, 2.75) is 51.6 Å². The maximum Gasteiger partial charge on any atom is 0.339 e. The monoisotopic (exact) mass is 453 g/mol. The lowest BCUT2D eigenvalue weighted by Gasteiger charge is -2.20. The van der Waals surface area contributed by atoms with Crippen LogP contribution in [0.1, 0.15) is 56.3 Å². The van der Waals surface area contributed by atoms with Crippen LogP contribution >= 0.6 is 10.5 Å². The maximum absolute atomic E-state index is 13.1. The van der Waals surface area contributed by atoms with E-state index < -0.39 is 5.60 Å². The quantitative estimate of drug-likeness (QED) is 0.177. The first kappa shape index (κ1) is 21.7. The number of rotatable bonds is 3. The summed E-state index contributed by atoms with van der Waals surface area (Å²) in [4.78, 5) is 14.4. The van der Waals surface area contributed by atoms with Crippen molar-refractivity contribution in [3.63, 3.8) is 0 Å². The highest BCUT2D eigenvalue weighted by molar-refractivity contribution is 7.50. The molecular weight excluding hydrogens is 424 g/mol. The topological polar surface area (TPSA) is 26.3 Å². The molecular formula is C30H29O2S+. The van der Waals surface area contributed by atoms with Gasteiger partial charge in [-0.2, -0.15) is 0 Å². The van der Waals surface area contributed by atoms with Gasteiger partial charge in [-0.1, -0.05) is 61.4 Å². The maximum atomic E-state index is 13.1. The SMILES string of the molecule is CC(C)(C#CC1CCCCC1)OC(=O)c1ccc2c(c1)c1ccccc1[s+]2-c1ccccc1. The Morgan fingerprint density at radius 1 is 0.879 bits per heavy atom. The Labute approximate surface area is 198 Å². The Bertz CT molecular complexity index is 1360. The summed E-state index contributed by atoms with van der Waals surface area (Å²) in [5.74, 6) is 6.72. The molecule has 1 aliphatic rings. The molecule has 3 aromatic carbocycles. The lowest BCUT2D eigenvalue weighted by Crippen LogP contribution is -2.26. The number of fused-ring (bicyclic) bond motifs is 3. The zero-order valence-corrected chi connectivity index (χ0v) is 20.1. The van der Waals surface area contributed by atoms with Crippen LogP contribution in [0.5, 0.6) is 0 Å². The number of carbonyl (C=O) groups excluding carboxylic acids is 1. The van der Waals surface area contributed by atoms with Crippen LogP contribution in [0.4, 0.5) is 0 Å². The van der Waals surface area contributed by atoms with Crippen LogP contribution in [0, 0.1) is 17.8 Å². The van der Waals surface area contributed by atoms with Gasteiger partial charge in [0.2, 0.25) is 0 Å². The van der Waals surface area contributed by atoms with Crippen molar-refractivity contribution in [3.05, 3.63) is 78.4 Å². The summed E-state index contributed by atoms with van der Waals surface area (Å²) in [5, 5.41) is 2.32. The summed E-state index contributed by atoms with van der Waals surface area (Å²) >= 11 is 0. The summed E-state index contributed by atoms with van der Waals surface area (Å²) in [7, 11) is -0.162. The molecule has 1 heterocycles. The lowest BCUT2D eigenvalue weighted by molar-refractivity contribution is 0.0204. The van der Waals surface area contributed by atoms with Crippen LogP contribution in [-0.4, -0.2) is 11.6 Å². The number of esters is 1. The zero-order chi connectivity index (χ0) is 22.8. The Balaban J connectivity index is 1.48. The van der Waals surface area contributed by atoms with Gasteiger partial charge in [-0.3, -0.25) is 0 Å². The van der Waals surface area contributed by atoms with Crippen LogP contribution in [-0.2, 0) is 4.74 Å². The van der Waals surface area contributed by atoms with Crippen LogP contribution in [0.15, 0.2) is 72.8 Å². The smallest absolute Gasteiger partial charge is 0.339 e. The zero-order valence-electron chi connectivity index (χ0n) is 19.3. The first-order valence-electron chi connectivity index (χ1n) is 11.8. The molecule has 0 spiro atoms. The van der Waals surface area contributed by atoms with Gasteiger partial charge in [-0.05, 0) is 69.2 Å². The minimum atomic E-state index is -0.806. The average molecular weight is 454 g/mol. The van der Waals surface area contributed by atoms with Crippen molar-refractivity contribution in [3.8, 4) is 16.7 Å². The van der Waals surface area contributed by atoms with E-state index in [9.17, 15) is 4.79 Å². The predicted octanol–water partition coefficient (Wildman–Crippen LogP) is 8.25. The van der Waals surface area contributed by atoms with Crippen LogP contribution in [0.3, 0.4) is 0 Å². The van der Waals surface area contributed by atoms with E-state index in [2.05, 4.69) is 66.4 Å². The van der Waals surface area contributed by atoms with Crippen molar-refractivity contribution in [2.75, 3.05) is 0 Å². The normalized spacial score (nSPS) is 15.3. The highest BCUT2D eigenvalue weighted by Crippen LogP contribution is 2.48. The van der Waals surface area contributed by atoms with Gasteiger partial charge >= 0.3 is 5.97 Å². The average Bonchev–Trinajstić information content (AvgIpc) is 3.17. The molecule has 4 aromatic rings. The second kappa shape index (κ2) is 9.04. The van der Waals surface area contributed by atoms with Gasteiger partial charge in [0.05, 0.1) is 5.56 Å². The molecule has 1 saturated carbocycles. The van der Waals surface area contributed by atoms with Crippen molar-refractivity contribution in [1.29, 1.82) is 0 Å². The summed E-state index contributed by atoms with van der Waals surface area (Å²) in [5.41, 5.74) is -0.227. The molecule has 1 aliphatic carbocycles. The molecule has 0 amide bonds. The Kier molecular flexibility index (Phi) is 5.96. The molecule has 3 heteroatoms. The number of thiophene rings is 1. The highest BCUT2D eigenvalue weighted by atomic mass is 32.2. The molecule has 0 bridgehead atoms. The van der Waals surface area contributed by atoms with E-state index >= 15 is 0 Å². The molecule has 0 N–H and O–H groups in total. The molecule has 1 atom stereocenters. The third-order valence-electron chi connectivity index (χ3n) is 6.34. The van der Waals surface area contributed by atoms with Gasteiger partial charge < -0.3 is 4.74 Å². The van der Waals surface area contributed by atoms with Gasteiger partial charge in [0.25, 0.3) is 0 Å². The molecule has 33 heavy (non-hydrogen) atoms. The minimum absolute atomic E-state index is 0.162. The fourth-order valence-electron chi connectivity index (χ4n) is 4.68. The summed E-state index contributed by atoms with van der Waals surface area (Å²) in [6.07, 6.45) is 6.13. The fourth-order valence-corrected chi connectivity index (χ4v) is 7.06. The van der Waals surface area contributed by atoms with E-state index in [-0.39, 0.29) is 16.4 Å². The summed E-state index contributed by atoms with van der Waals surface area (Å²) in [6, 6.07) is 25.1. The van der Waals surface area contributed by atoms with E-state index in [0.717, 1.165) is 18.2 Å². The van der Waals surface area contributed by atoms with E-state index in [0.29, 0.717) is 11.5 Å². The third kappa shape index (κ3) is 4.54. The third-order valence-corrected chi connectivity index (χ3v) is 8.68. The van der Waals surface area contributed by atoms with E-state index in [1.165, 1.54) is 38.9 Å². The van der Waals surface area contributed by atoms with E-state index in [4.69, 9.17) is 4.74 Å². The van der Waals surface area contributed by atoms with Crippen LogP contribution < -0.4 is 0 Å². The standard InChI is InChI=1S/C30H29O2S/c1-30(2,20-19-22-11-5-3-6-12-22)32-29(31)23-17-18-28-26(21-23)25-15-9-10-16-27(25)33(28)24-13-7-4-8-14-24/h4,7-10,13-18,21-22H,3,5-6,11-12H2,1-2H3/q+1. The van der Waals surface area contributed by atoms with E-state index in [1.54, 1.807) is 0 Å².